The zero-order valence-corrected chi connectivity index (χ0v) is 11.4. The van der Waals surface area contributed by atoms with Gasteiger partial charge in [-0.05, 0) is 39.7 Å². The smallest absolute Gasteiger partial charge is 0.246 e. The van der Waals surface area contributed by atoms with Crippen LogP contribution in [-0.4, -0.2) is 49.2 Å². The van der Waals surface area contributed by atoms with E-state index in [-0.39, 0.29) is 18.6 Å². The zero-order valence-electron chi connectivity index (χ0n) is 11.4. The van der Waals surface area contributed by atoms with E-state index in [4.69, 9.17) is 4.74 Å². The summed E-state index contributed by atoms with van der Waals surface area (Å²) in [4.78, 5) is 14.0. The van der Waals surface area contributed by atoms with E-state index >= 15 is 0 Å². The van der Waals surface area contributed by atoms with Crippen molar-refractivity contribution in [2.45, 2.75) is 52.2 Å². The van der Waals surface area contributed by atoms with Gasteiger partial charge in [0.2, 0.25) is 5.91 Å². The molecule has 0 aromatic heterocycles. The molecule has 1 fully saturated rings. The third-order valence-electron chi connectivity index (χ3n) is 3.04. The zero-order chi connectivity index (χ0) is 12.7. The summed E-state index contributed by atoms with van der Waals surface area (Å²) in [5.74, 6) is 0.0210. The van der Waals surface area contributed by atoms with Crippen molar-refractivity contribution in [3.05, 3.63) is 0 Å². The standard InChI is InChI=1S/C13H26N2O2/c1-4-7-15-8-5-12(6-9-15)14-13(16)10-17-11(2)3/h11-12H,4-10H2,1-3H3,(H,14,16). The van der Waals surface area contributed by atoms with E-state index in [9.17, 15) is 4.79 Å². The number of nitrogens with zero attached hydrogens (tertiary/aromatic N) is 1. The Balaban J connectivity index is 2.14. The first kappa shape index (κ1) is 14.5. The van der Waals surface area contributed by atoms with Gasteiger partial charge in [-0.2, -0.15) is 0 Å². The minimum absolute atomic E-state index is 0.0210. The second-order valence-electron chi connectivity index (χ2n) is 5.04. The van der Waals surface area contributed by atoms with Crippen LogP contribution in [-0.2, 0) is 9.53 Å². The molecule has 4 heteroatoms. The van der Waals surface area contributed by atoms with Gasteiger partial charge in [-0.1, -0.05) is 6.92 Å². The van der Waals surface area contributed by atoms with Crippen LogP contribution in [0.4, 0.5) is 0 Å². The first-order valence-electron chi connectivity index (χ1n) is 6.75. The molecular formula is C13H26N2O2. The quantitative estimate of drug-likeness (QED) is 0.765. The number of rotatable bonds is 6. The fourth-order valence-electron chi connectivity index (χ4n) is 2.13. The Bertz CT molecular complexity index is 223. The lowest BCUT2D eigenvalue weighted by Crippen LogP contribution is -2.45. The van der Waals surface area contributed by atoms with Gasteiger partial charge < -0.3 is 15.0 Å². The Morgan fingerprint density at radius 1 is 1.41 bits per heavy atom. The average Bonchev–Trinajstić information content (AvgIpc) is 2.29. The van der Waals surface area contributed by atoms with E-state index in [0.717, 1.165) is 25.9 Å². The van der Waals surface area contributed by atoms with Crippen molar-refractivity contribution in [2.75, 3.05) is 26.2 Å². The third-order valence-corrected chi connectivity index (χ3v) is 3.04. The summed E-state index contributed by atoms with van der Waals surface area (Å²) < 4.78 is 5.28. The van der Waals surface area contributed by atoms with Crippen LogP contribution in [0.15, 0.2) is 0 Å². The highest BCUT2D eigenvalue weighted by atomic mass is 16.5. The SMILES string of the molecule is CCCN1CCC(NC(=O)COC(C)C)CC1. The van der Waals surface area contributed by atoms with Gasteiger partial charge in [-0.25, -0.2) is 0 Å². The van der Waals surface area contributed by atoms with Crippen molar-refractivity contribution in [3.63, 3.8) is 0 Å². The second-order valence-corrected chi connectivity index (χ2v) is 5.04. The molecule has 0 radical (unpaired) electrons. The average molecular weight is 242 g/mol. The van der Waals surface area contributed by atoms with Crippen LogP contribution in [0.25, 0.3) is 0 Å². The van der Waals surface area contributed by atoms with Crippen LogP contribution in [0.3, 0.4) is 0 Å². The summed E-state index contributed by atoms with van der Waals surface area (Å²) in [6, 6.07) is 0.339. The molecule has 0 aliphatic carbocycles. The Kier molecular flexibility index (Phi) is 6.52. The fourth-order valence-corrected chi connectivity index (χ4v) is 2.13. The van der Waals surface area contributed by atoms with Crippen molar-refractivity contribution in [1.29, 1.82) is 0 Å². The summed E-state index contributed by atoms with van der Waals surface area (Å²) in [6.07, 6.45) is 3.45. The van der Waals surface area contributed by atoms with Crippen molar-refractivity contribution < 1.29 is 9.53 Å². The van der Waals surface area contributed by atoms with Gasteiger partial charge in [-0.15, -0.1) is 0 Å². The van der Waals surface area contributed by atoms with Crippen LogP contribution < -0.4 is 5.32 Å². The van der Waals surface area contributed by atoms with Gasteiger partial charge in [0.1, 0.15) is 6.61 Å². The number of nitrogens with one attached hydrogen (secondary N) is 1. The lowest BCUT2D eigenvalue weighted by molar-refractivity contribution is -0.128. The van der Waals surface area contributed by atoms with E-state index in [1.165, 1.54) is 13.0 Å². The second kappa shape index (κ2) is 7.67. The molecule has 0 bridgehead atoms. The van der Waals surface area contributed by atoms with Crippen LogP contribution in [0.2, 0.25) is 0 Å². The first-order chi connectivity index (χ1) is 8.11. The van der Waals surface area contributed by atoms with E-state index in [1.54, 1.807) is 0 Å². The first-order valence-corrected chi connectivity index (χ1v) is 6.75. The van der Waals surface area contributed by atoms with Crippen LogP contribution in [0.1, 0.15) is 40.0 Å². The van der Waals surface area contributed by atoms with Gasteiger partial charge in [0.05, 0.1) is 6.10 Å². The minimum atomic E-state index is 0.0210. The van der Waals surface area contributed by atoms with Crippen molar-refractivity contribution in [1.82, 2.24) is 10.2 Å². The monoisotopic (exact) mass is 242 g/mol. The molecule has 1 aliphatic heterocycles. The number of piperidine rings is 1. The summed E-state index contributed by atoms with van der Waals surface area (Å²) in [7, 11) is 0. The molecule has 17 heavy (non-hydrogen) atoms. The summed E-state index contributed by atoms with van der Waals surface area (Å²) in [5, 5.41) is 3.05. The molecule has 0 saturated carbocycles. The van der Waals surface area contributed by atoms with Gasteiger partial charge in [0.15, 0.2) is 0 Å². The minimum Gasteiger partial charge on any atom is -0.369 e. The van der Waals surface area contributed by atoms with Crippen molar-refractivity contribution in [3.8, 4) is 0 Å². The Morgan fingerprint density at radius 3 is 2.59 bits per heavy atom. The lowest BCUT2D eigenvalue weighted by atomic mass is 10.0. The highest BCUT2D eigenvalue weighted by Crippen LogP contribution is 2.10. The van der Waals surface area contributed by atoms with E-state index < -0.39 is 0 Å². The Morgan fingerprint density at radius 2 is 2.06 bits per heavy atom. The van der Waals surface area contributed by atoms with Gasteiger partial charge in [-0.3, -0.25) is 4.79 Å². The van der Waals surface area contributed by atoms with Crippen molar-refractivity contribution >= 4 is 5.91 Å². The largest absolute Gasteiger partial charge is 0.369 e. The number of hydrogen-bond acceptors (Lipinski definition) is 3. The molecule has 1 aliphatic rings. The van der Waals surface area contributed by atoms with Gasteiger partial charge in [0, 0.05) is 19.1 Å². The van der Waals surface area contributed by atoms with Gasteiger partial charge in [0.25, 0.3) is 0 Å². The van der Waals surface area contributed by atoms with Gasteiger partial charge >= 0.3 is 0 Å². The highest BCUT2D eigenvalue weighted by molar-refractivity contribution is 5.77. The number of ether oxygens (including phenoxy) is 1. The number of likely N-dealkylation sites (tertiary alicyclic amines) is 1. The molecule has 100 valence electrons. The van der Waals surface area contributed by atoms with Crippen LogP contribution >= 0.6 is 0 Å². The maximum atomic E-state index is 11.6. The topological polar surface area (TPSA) is 41.6 Å². The molecule has 0 aromatic rings. The fraction of sp³-hybridized carbons (Fsp3) is 0.923. The summed E-state index contributed by atoms with van der Waals surface area (Å²) in [6.45, 7) is 9.65. The Hall–Kier alpha value is -0.610. The molecule has 0 unspecified atom stereocenters. The van der Waals surface area contributed by atoms with E-state index in [2.05, 4.69) is 17.1 Å². The maximum Gasteiger partial charge on any atom is 0.246 e. The number of amides is 1. The molecule has 1 saturated heterocycles. The predicted molar refractivity (Wildman–Crippen MR) is 69.0 cm³/mol. The molecule has 1 amide bonds. The van der Waals surface area contributed by atoms with Crippen LogP contribution in [0.5, 0.6) is 0 Å². The van der Waals surface area contributed by atoms with E-state index in [1.807, 2.05) is 13.8 Å². The van der Waals surface area contributed by atoms with Crippen molar-refractivity contribution in [2.24, 2.45) is 0 Å². The Labute approximate surface area is 105 Å². The molecule has 1 rings (SSSR count). The number of hydrogen-bond donors (Lipinski definition) is 1. The van der Waals surface area contributed by atoms with Crippen LogP contribution in [0, 0.1) is 0 Å². The maximum absolute atomic E-state index is 11.6. The number of carbonyl (C=O) groups is 1. The molecule has 0 spiro atoms. The number of carbonyl (C=O) groups excluding carboxylic acids is 1. The summed E-state index contributed by atoms with van der Waals surface area (Å²) >= 11 is 0. The lowest BCUT2D eigenvalue weighted by Gasteiger charge is -2.32. The normalized spacial score (nSPS) is 18.6. The molecule has 1 N–H and O–H groups in total. The molecule has 4 nitrogen and oxygen atoms in total. The predicted octanol–water partition coefficient (Wildman–Crippen LogP) is 1.40. The molecule has 1 heterocycles. The molecule has 0 aromatic carbocycles. The van der Waals surface area contributed by atoms with E-state index in [0.29, 0.717) is 6.04 Å². The molecule has 0 atom stereocenters. The molecular weight excluding hydrogens is 216 g/mol. The third kappa shape index (κ3) is 6.03. The summed E-state index contributed by atoms with van der Waals surface area (Å²) in [5.41, 5.74) is 0. The highest BCUT2D eigenvalue weighted by Gasteiger charge is 2.19.